The summed E-state index contributed by atoms with van der Waals surface area (Å²) in [5, 5.41) is 14.0. The van der Waals surface area contributed by atoms with Crippen molar-refractivity contribution in [2.24, 2.45) is 5.10 Å². The summed E-state index contributed by atoms with van der Waals surface area (Å²) in [7, 11) is 1.52. The van der Waals surface area contributed by atoms with Crippen LogP contribution in [0, 0.1) is 18.3 Å². The van der Waals surface area contributed by atoms with Gasteiger partial charge in [0.2, 0.25) is 5.88 Å². The van der Waals surface area contributed by atoms with Gasteiger partial charge in [0, 0.05) is 29.0 Å². The van der Waals surface area contributed by atoms with Gasteiger partial charge in [-0.3, -0.25) is 4.79 Å². The predicted octanol–water partition coefficient (Wildman–Crippen LogP) is 3.24. The largest absolute Gasteiger partial charge is 0.467 e. The molecule has 9 heteroatoms. The third-order valence-electron chi connectivity index (χ3n) is 3.30. The first-order chi connectivity index (χ1) is 12.9. The molecule has 0 aliphatic rings. The van der Waals surface area contributed by atoms with Crippen LogP contribution in [0.5, 0.6) is 5.88 Å². The fourth-order valence-electron chi connectivity index (χ4n) is 2.15. The minimum Gasteiger partial charge on any atom is -0.467 e. The maximum absolute atomic E-state index is 11.9. The molecule has 0 fully saturated rings. The van der Waals surface area contributed by atoms with Crippen molar-refractivity contribution >= 4 is 35.3 Å². The monoisotopic (exact) mass is 406 g/mol. The first-order valence-corrected chi connectivity index (χ1v) is 8.49. The van der Waals surface area contributed by atoms with Gasteiger partial charge in [-0.05, 0) is 25.1 Å². The first kappa shape index (κ1) is 20.6. The molecule has 0 aliphatic heterocycles. The van der Waals surface area contributed by atoms with Gasteiger partial charge in [-0.25, -0.2) is 10.4 Å². The fourth-order valence-corrected chi connectivity index (χ4v) is 2.61. The highest BCUT2D eigenvalue weighted by Crippen LogP contribution is 2.21. The maximum Gasteiger partial charge on any atom is 0.278 e. The number of nitrogens with zero attached hydrogens (tertiary/aromatic N) is 3. The third kappa shape index (κ3) is 5.93. The lowest BCUT2D eigenvalue weighted by Gasteiger charge is -2.10. The number of nitrogens with one attached hydrogen (secondary N) is 1. The average molecular weight is 407 g/mol. The molecule has 0 saturated heterocycles. The van der Waals surface area contributed by atoms with Crippen molar-refractivity contribution in [2.45, 2.75) is 13.5 Å². The summed E-state index contributed by atoms with van der Waals surface area (Å²) in [6.07, 6.45) is 1.39. The van der Waals surface area contributed by atoms with Crippen LogP contribution in [0.2, 0.25) is 10.0 Å². The van der Waals surface area contributed by atoms with Crippen molar-refractivity contribution in [3.8, 4) is 11.9 Å². The van der Waals surface area contributed by atoms with E-state index in [1.807, 2.05) is 6.07 Å². The number of hydrazone groups is 1. The number of benzene rings is 1. The number of hydrogen-bond donors (Lipinski definition) is 1. The number of carbonyl (C=O) groups excluding carboxylic acids is 1. The Hall–Kier alpha value is -2.66. The van der Waals surface area contributed by atoms with Crippen molar-refractivity contribution in [2.75, 3.05) is 13.7 Å². The molecule has 2 rings (SSSR count). The lowest BCUT2D eigenvalue weighted by atomic mass is 10.1. The summed E-state index contributed by atoms with van der Waals surface area (Å²) in [5.74, 6) is -0.443. The number of hydrogen-bond acceptors (Lipinski definition) is 6. The van der Waals surface area contributed by atoms with E-state index in [9.17, 15) is 10.1 Å². The van der Waals surface area contributed by atoms with E-state index >= 15 is 0 Å². The van der Waals surface area contributed by atoms with Crippen molar-refractivity contribution in [3.63, 3.8) is 0 Å². The van der Waals surface area contributed by atoms with Gasteiger partial charge in [-0.2, -0.15) is 10.4 Å². The molecule has 1 aromatic heterocycles. The van der Waals surface area contributed by atoms with Crippen LogP contribution in [0.3, 0.4) is 0 Å². The summed E-state index contributed by atoms with van der Waals surface area (Å²) >= 11 is 11.8. The molecule has 140 valence electrons. The van der Waals surface area contributed by atoms with Crippen molar-refractivity contribution < 1.29 is 14.3 Å². The number of nitriles is 1. The van der Waals surface area contributed by atoms with Crippen molar-refractivity contribution in [1.82, 2.24) is 10.4 Å². The summed E-state index contributed by atoms with van der Waals surface area (Å²) in [5.41, 5.74) is 4.42. The van der Waals surface area contributed by atoms with Gasteiger partial charge in [0.1, 0.15) is 11.6 Å². The Balaban J connectivity index is 1.99. The molecule has 0 saturated carbocycles. The zero-order chi connectivity index (χ0) is 19.8. The van der Waals surface area contributed by atoms with Gasteiger partial charge < -0.3 is 9.47 Å². The number of rotatable bonds is 7. The zero-order valence-electron chi connectivity index (χ0n) is 14.6. The minimum atomic E-state index is -0.517. The summed E-state index contributed by atoms with van der Waals surface area (Å²) in [6.45, 7) is 1.64. The van der Waals surface area contributed by atoms with Crippen molar-refractivity contribution in [1.29, 1.82) is 5.26 Å². The molecule has 0 atom stereocenters. The second-order valence-corrected chi connectivity index (χ2v) is 6.24. The number of aromatic nitrogens is 1. The van der Waals surface area contributed by atoms with Gasteiger partial charge >= 0.3 is 0 Å². The van der Waals surface area contributed by atoms with Gasteiger partial charge in [-0.15, -0.1) is 0 Å². The van der Waals surface area contributed by atoms with E-state index in [1.54, 1.807) is 31.2 Å². The quantitative estimate of drug-likeness (QED) is 0.562. The van der Waals surface area contributed by atoms with Gasteiger partial charge in [0.25, 0.3) is 5.91 Å². The Morgan fingerprint density at radius 3 is 2.85 bits per heavy atom. The molecule has 1 heterocycles. The number of halogens is 2. The number of ether oxygens (including phenoxy) is 2. The van der Waals surface area contributed by atoms with Gasteiger partial charge in [0.05, 0.1) is 17.8 Å². The average Bonchev–Trinajstić information content (AvgIpc) is 2.62. The van der Waals surface area contributed by atoms with Crippen LogP contribution in [0.25, 0.3) is 0 Å². The molecule has 0 radical (unpaired) electrons. The van der Waals surface area contributed by atoms with E-state index in [2.05, 4.69) is 15.5 Å². The normalized spacial score (nSPS) is 10.6. The molecule has 27 heavy (non-hydrogen) atoms. The van der Waals surface area contributed by atoms with Crippen LogP contribution >= 0.6 is 23.2 Å². The standard InChI is InChI=1S/C18H16Cl2N4O3/c1-11-5-13(9-26-2)15(7-21)18(23-11)27-10-17(25)24-22-8-12-3-4-14(19)6-16(12)20/h3-6,8H,9-10H2,1-2H3,(H,24,25)/b22-8-. The highest BCUT2D eigenvalue weighted by Gasteiger charge is 2.14. The van der Waals surface area contributed by atoms with Crippen molar-refractivity contribution in [3.05, 3.63) is 56.7 Å². The molecule has 2 aromatic rings. The Labute approximate surface area is 166 Å². The smallest absolute Gasteiger partial charge is 0.278 e. The van der Waals surface area contributed by atoms with Crippen LogP contribution in [-0.2, 0) is 16.1 Å². The van der Waals surface area contributed by atoms with Crippen LogP contribution < -0.4 is 10.2 Å². The SMILES string of the molecule is COCc1cc(C)nc(OCC(=O)N/N=C\c2ccc(Cl)cc2Cl)c1C#N. The Morgan fingerprint density at radius 1 is 1.41 bits per heavy atom. The van der Waals surface area contributed by atoms with Gasteiger partial charge in [-0.1, -0.05) is 29.3 Å². The van der Waals surface area contributed by atoms with E-state index in [0.717, 1.165) is 0 Å². The maximum atomic E-state index is 11.9. The topological polar surface area (TPSA) is 96.6 Å². The summed E-state index contributed by atoms with van der Waals surface area (Å²) in [4.78, 5) is 16.1. The molecule has 7 nitrogen and oxygen atoms in total. The molecule has 1 N–H and O–H groups in total. The lowest BCUT2D eigenvalue weighted by molar-refractivity contribution is -0.123. The summed E-state index contributed by atoms with van der Waals surface area (Å²) < 4.78 is 10.4. The highest BCUT2D eigenvalue weighted by molar-refractivity contribution is 6.36. The van der Waals surface area contributed by atoms with Crippen LogP contribution in [0.1, 0.15) is 22.4 Å². The third-order valence-corrected chi connectivity index (χ3v) is 3.87. The molecular weight excluding hydrogens is 391 g/mol. The molecule has 0 bridgehead atoms. The minimum absolute atomic E-state index is 0.0735. The van der Waals surface area contributed by atoms with Crippen LogP contribution in [-0.4, -0.2) is 30.8 Å². The molecule has 0 unspecified atom stereocenters. The van der Waals surface area contributed by atoms with E-state index in [-0.39, 0.29) is 24.7 Å². The van der Waals surface area contributed by atoms with E-state index in [1.165, 1.54) is 13.3 Å². The van der Waals surface area contributed by atoms with E-state index in [4.69, 9.17) is 32.7 Å². The second-order valence-electron chi connectivity index (χ2n) is 5.40. The number of pyridine rings is 1. The predicted molar refractivity (Wildman–Crippen MR) is 102 cm³/mol. The second kappa shape index (κ2) is 9.88. The molecule has 0 aliphatic carbocycles. The lowest BCUT2D eigenvalue weighted by Crippen LogP contribution is -2.25. The van der Waals surface area contributed by atoms with Crippen LogP contribution in [0.15, 0.2) is 29.4 Å². The van der Waals surface area contributed by atoms with E-state index in [0.29, 0.717) is 26.9 Å². The van der Waals surface area contributed by atoms with Crippen LogP contribution in [0.4, 0.5) is 0 Å². The number of amides is 1. The zero-order valence-corrected chi connectivity index (χ0v) is 16.1. The summed E-state index contributed by atoms with van der Waals surface area (Å²) in [6, 6.07) is 8.65. The fraction of sp³-hybridized carbons (Fsp3) is 0.222. The van der Waals surface area contributed by atoms with E-state index < -0.39 is 5.91 Å². The number of aryl methyl sites for hydroxylation is 1. The Morgan fingerprint density at radius 2 is 2.19 bits per heavy atom. The highest BCUT2D eigenvalue weighted by atomic mass is 35.5. The molecular formula is C18H16Cl2N4O3. The Bertz CT molecular complexity index is 910. The Kier molecular flexibility index (Phi) is 7.55. The first-order valence-electron chi connectivity index (χ1n) is 7.74. The number of carbonyl (C=O) groups is 1. The molecule has 1 aromatic carbocycles. The van der Waals surface area contributed by atoms with Gasteiger partial charge in [0.15, 0.2) is 6.61 Å². The molecule has 1 amide bonds. The molecule has 0 spiro atoms. The number of methoxy groups -OCH3 is 1.